The fraction of sp³-hybridized carbons (Fsp3) is 0.200. The van der Waals surface area contributed by atoms with Crippen molar-refractivity contribution in [3.63, 3.8) is 0 Å². The molecule has 0 fully saturated rings. The lowest BCUT2D eigenvalue weighted by molar-refractivity contribution is -0.138. The van der Waals surface area contributed by atoms with Crippen LogP contribution in [0.5, 0.6) is 5.75 Å². The topological polar surface area (TPSA) is 59.4 Å². The molecule has 0 saturated carbocycles. The molecule has 2 aromatic rings. The van der Waals surface area contributed by atoms with E-state index >= 15 is 0 Å². The smallest absolute Gasteiger partial charge is 0.313 e. The van der Waals surface area contributed by atoms with Crippen LogP contribution in [0.4, 0.5) is 0 Å². The summed E-state index contributed by atoms with van der Waals surface area (Å²) in [5.74, 6) is -1.17. The third-order valence-electron chi connectivity index (χ3n) is 3.03. The van der Waals surface area contributed by atoms with Gasteiger partial charge in [0.15, 0.2) is 0 Å². The third-order valence-corrected chi connectivity index (χ3v) is 3.80. The van der Waals surface area contributed by atoms with E-state index in [0.29, 0.717) is 17.9 Å². The minimum Gasteiger partial charge on any atom is -0.495 e. The first-order valence-corrected chi connectivity index (χ1v) is 6.88. The van der Waals surface area contributed by atoms with Crippen LogP contribution in [0.1, 0.15) is 17.2 Å². The molecule has 0 amide bonds. The van der Waals surface area contributed by atoms with Crippen molar-refractivity contribution in [3.05, 3.63) is 58.3 Å². The van der Waals surface area contributed by atoms with Crippen molar-refractivity contribution in [2.45, 2.75) is 12.3 Å². The Labute approximate surface area is 125 Å². The van der Waals surface area contributed by atoms with Gasteiger partial charge >= 0.3 is 5.97 Å². The van der Waals surface area contributed by atoms with Crippen LogP contribution < -0.4 is 4.74 Å². The summed E-state index contributed by atoms with van der Waals surface area (Å²) in [6, 6.07) is 11.0. The molecule has 0 aliphatic heterocycles. The first kappa shape index (κ1) is 14.5. The highest BCUT2D eigenvalue weighted by Gasteiger charge is 2.25. The van der Waals surface area contributed by atoms with E-state index in [2.05, 4.69) is 20.9 Å². The Hall–Kier alpha value is -1.88. The van der Waals surface area contributed by atoms with E-state index in [1.807, 2.05) is 24.3 Å². The number of halogens is 1. The monoisotopic (exact) mass is 335 g/mol. The second kappa shape index (κ2) is 6.52. The molecule has 104 valence electrons. The number of methoxy groups -OCH3 is 1. The van der Waals surface area contributed by atoms with Gasteiger partial charge < -0.3 is 9.84 Å². The standard InChI is InChI=1S/C15H14BrNO3/c1-20-13-7-4-8-17-14(13)11(15(18)19)9-10-5-2-3-6-12(10)16/h2-8,11H,9H2,1H3,(H,18,19). The maximum absolute atomic E-state index is 11.6. The molecule has 1 heterocycles. The SMILES string of the molecule is COc1cccnc1C(Cc1ccccc1Br)C(=O)O. The molecule has 2 rings (SSSR count). The Morgan fingerprint density at radius 2 is 2.10 bits per heavy atom. The van der Waals surface area contributed by atoms with Gasteiger partial charge in [0.2, 0.25) is 0 Å². The number of aromatic nitrogens is 1. The lowest BCUT2D eigenvalue weighted by atomic mass is 9.95. The van der Waals surface area contributed by atoms with Crippen molar-refractivity contribution in [3.8, 4) is 5.75 Å². The van der Waals surface area contributed by atoms with Crippen LogP contribution in [0.25, 0.3) is 0 Å². The molecular weight excluding hydrogens is 322 g/mol. The summed E-state index contributed by atoms with van der Waals surface area (Å²) >= 11 is 3.44. The number of benzene rings is 1. The average molecular weight is 336 g/mol. The van der Waals surface area contributed by atoms with Crippen LogP contribution in [-0.4, -0.2) is 23.2 Å². The van der Waals surface area contributed by atoms with Crippen LogP contribution in [0.2, 0.25) is 0 Å². The number of nitrogens with zero attached hydrogens (tertiary/aromatic N) is 1. The molecular formula is C15H14BrNO3. The van der Waals surface area contributed by atoms with Crippen LogP contribution in [-0.2, 0) is 11.2 Å². The zero-order chi connectivity index (χ0) is 14.5. The summed E-state index contributed by atoms with van der Waals surface area (Å²) in [6.07, 6.45) is 1.93. The van der Waals surface area contributed by atoms with Gasteiger partial charge in [0.25, 0.3) is 0 Å². The molecule has 1 unspecified atom stereocenters. The van der Waals surface area contributed by atoms with E-state index in [0.717, 1.165) is 10.0 Å². The van der Waals surface area contributed by atoms with Gasteiger partial charge in [0.05, 0.1) is 12.8 Å². The Balaban J connectivity index is 2.37. The summed E-state index contributed by atoms with van der Waals surface area (Å²) in [5, 5.41) is 9.49. The maximum atomic E-state index is 11.6. The van der Waals surface area contributed by atoms with Gasteiger partial charge in [0.1, 0.15) is 11.7 Å². The zero-order valence-corrected chi connectivity index (χ0v) is 12.5. The second-order valence-corrected chi connectivity index (χ2v) is 5.13. The van der Waals surface area contributed by atoms with E-state index in [1.54, 1.807) is 18.3 Å². The number of ether oxygens (including phenoxy) is 1. The molecule has 1 atom stereocenters. The van der Waals surface area contributed by atoms with Crippen LogP contribution in [0, 0.1) is 0 Å². The minimum absolute atomic E-state index is 0.351. The van der Waals surface area contributed by atoms with Gasteiger partial charge in [-0.1, -0.05) is 34.1 Å². The van der Waals surface area contributed by atoms with Crippen molar-refractivity contribution in [2.75, 3.05) is 7.11 Å². The van der Waals surface area contributed by atoms with Gasteiger partial charge in [-0.15, -0.1) is 0 Å². The van der Waals surface area contributed by atoms with Crippen LogP contribution in [0.3, 0.4) is 0 Å². The quantitative estimate of drug-likeness (QED) is 0.910. The molecule has 0 spiro atoms. The van der Waals surface area contributed by atoms with Crippen molar-refractivity contribution in [1.29, 1.82) is 0 Å². The van der Waals surface area contributed by atoms with E-state index in [9.17, 15) is 9.90 Å². The molecule has 0 saturated heterocycles. The summed E-state index contributed by atoms with van der Waals surface area (Å²) in [6.45, 7) is 0. The van der Waals surface area contributed by atoms with Gasteiger partial charge in [0, 0.05) is 10.7 Å². The highest BCUT2D eigenvalue weighted by Crippen LogP contribution is 2.29. The molecule has 4 nitrogen and oxygen atoms in total. The summed E-state index contributed by atoms with van der Waals surface area (Å²) in [5.41, 5.74) is 1.37. The molecule has 0 aliphatic rings. The highest BCUT2D eigenvalue weighted by molar-refractivity contribution is 9.10. The number of carboxylic acid groups (broad SMARTS) is 1. The number of hydrogen-bond donors (Lipinski definition) is 1. The minimum atomic E-state index is -0.919. The number of hydrogen-bond acceptors (Lipinski definition) is 3. The highest BCUT2D eigenvalue weighted by atomic mass is 79.9. The molecule has 1 aromatic carbocycles. The fourth-order valence-corrected chi connectivity index (χ4v) is 2.47. The Morgan fingerprint density at radius 3 is 2.75 bits per heavy atom. The van der Waals surface area contributed by atoms with Gasteiger partial charge in [-0.3, -0.25) is 9.78 Å². The van der Waals surface area contributed by atoms with Crippen molar-refractivity contribution in [2.24, 2.45) is 0 Å². The molecule has 5 heteroatoms. The van der Waals surface area contributed by atoms with E-state index < -0.39 is 11.9 Å². The predicted octanol–water partition coefficient (Wildman–Crippen LogP) is 3.26. The van der Waals surface area contributed by atoms with Gasteiger partial charge in [-0.05, 0) is 30.2 Å². The van der Waals surface area contributed by atoms with Crippen molar-refractivity contribution in [1.82, 2.24) is 4.98 Å². The van der Waals surface area contributed by atoms with Crippen LogP contribution >= 0.6 is 15.9 Å². The van der Waals surface area contributed by atoms with Crippen molar-refractivity contribution < 1.29 is 14.6 Å². The number of carboxylic acids is 1. The third kappa shape index (κ3) is 3.17. The molecule has 1 N–H and O–H groups in total. The lowest BCUT2D eigenvalue weighted by Crippen LogP contribution is -2.17. The number of pyridine rings is 1. The van der Waals surface area contributed by atoms with E-state index in [1.165, 1.54) is 7.11 Å². The Bertz CT molecular complexity index is 616. The predicted molar refractivity (Wildman–Crippen MR) is 79.0 cm³/mol. The summed E-state index contributed by atoms with van der Waals surface area (Å²) in [7, 11) is 1.51. The number of aliphatic carboxylic acids is 1. The Morgan fingerprint density at radius 1 is 1.35 bits per heavy atom. The molecule has 20 heavy (non-hydrogen) atoms. The first-order valence-electron chi connectivity index (χ1n) is 6.08. The normalized spacial score (nSPS) is 11.9. The second-order valence-electron chi connectivity index (χ2n) is 4.28. The lowest BCUT2D eigenvalue weighted by Gasteiger charge is -2.15. The number of rotatable bonds is 5. The van der Waals surface area contributed by atoms with Gasteiger partial charge in [-0.25, -0.2) is 0 Å². The fourth-order valence-electron chi connectivity index (χ4n) is 2.02. The summed E-state index contributed by atoms with van der Waals surface area (Å²) < 4.78 is 6.10. The van der Waals surface area contributed by atoms with Gasteiger partial charge in [-0.2, -0.15) is 0 Å². The van der Waals surface area contributed by atoms with Crippen molar-refractivity contribution >= 4 is 21.9 Å². The first-order chi connectivity index (χ1) is 9.63. The maximum Gasteiger partial charge on any atom is 0.313 e. The Kier molecular flexibility index (Phi) is 4.74. The molecule has 0 bridgehead atoms. The number of carbonyl (C=O) groups is 1. The summed E-state index contributed by atoms with van der Waals surface area (Å²) in [4.78, 5) is 15.7. The largest absolute Gasteiger partial charge is 0.495 e. The van der Waals surface area contributed by atoms with E-state index in [4.69, 9.17) is 4.74 Å². The van der Waals surface area contributed by atoms with Crippen LogP contribution in [0.15, 0.2) is 47.1 Å². The molecule has 1 aromatic heterocycles. The zero-order valence-electron chi connectivity index (χ0n) is 10.9. The molecule has 0 aliphatic carbocycles. The molecule has 0 radical (unpaired) electrons. The average Bonchev–Trinajstić information content (AvgIpc) is 2.46. The van der Waals surface area contributed by atoms with E-state index in [-0.39, 0.29) is 0 Å².